The average Bonchev–Trinajstić information content (AvgIpc) is 3.24. The van der Waals surface area contributed by atoms with E-state index in [1.807, 2.05) is 60.1 Å². The van der Waals surface area contributed by atoms with Crippen molar-refractivity contribution in [1.29, 1.82) is 0 Å². The van der Waals surface area contributed by atoms with Gasteiger partial charge in [0.2, 0.25) is 0 Å². The molecule has 1 aromatic heterocycles. The number of hydrogen-bond donors (Lipinski definition) is 1. The first-order valence-corrected chi connectivity index (χ1v) is 10.0. The molecule has 0 radical (unpaired) electrons. The largest absolute Gasteiger partial charge is 0.367 e. The minimum atomic E-state index is 0. The molecule has 3 aromatic rings. The molecule has 1 aliphatic rings. The monoisotopic (exact) mass is 537 g/mol. The Labute approximate surface area is 198 Å². The fourth-order valence-electron chi connectivity index (χ4n) is 3.54. The molecule has 2 heterocycles. The van der Waals surface area contributed by atoms with Crippen LogP contribution in [-0.4, -0.2) is 58.9 Å². The molecule has 0 spiro atoms. The highest BCUT2D eigenvalue weighted by Gasteiger charge is 2.21. The molecule has 7 nitrogen and oxygen atoms in total. The fraction of sp³-hybridized carbons (Fsp3) is 0.286. The Hall–Kier alpha value is -2.33. The molecule has 0 bridgehead atoms. The number of rotatable bonds is 4. The molecule has 9 heteroatoms. The molecule has 1 N–H and O–H groups in total. The lowest BCUT2D eigenvalue weighted by atomic mass is 10.2. The summed E-state index contributed by atoms with van der Waals surface area (Å²) in [6.45, 7) is 4.08. The van der Waals surface area contributed by atoms with E-state index >= 15 is 0 Å². The van der Waals surface area contributed by atoms with Crippen LogP contribution < -0.4 is 10.2 Å². The van der Waals surface area contributed by atoms with Gasteiger partial charge in [0.15, 0.2) is 11.8 Å². The summed E-state index contributed by atoms with van der Waals surface area (Å²) in [5, 5.41) is 12.5. The quantitative estimate of drug-likeness (QED) is 0.314. The van der Waals surface area contributed by atoms with E-state index in [-0.39, 0.29) is 24.0 Å². The Morgan fingerprint density at radius 2 is 1.73 bits per heavy atom. The molecule has 1 saturated heterocycles. The van der Waals surface area contributed by atoms with E-state index in [9.17, 15) is 0 Å². The molecule has 0 amide bonds. The van der Waals surface area contributed by atoms with Crippen molar-refractivity contribution in [2.24, 2.45) is 4.99 Å². The number of guanidine groups is 1. The number of hydrogen-bond acceptors (Lipinski definition) is 4. The summed E-state index contributed by atoms with van der Waals surface area (Å²) in [5.74, 6) is 1.71. The highest BCUT2D eigenvalue weighted by atomic mass is 127. The van der Waals surface area contributed by atoms with Crippen molar-refractivity contribution in [2.45, 2.75) is 6.54 Å². The van der Waals surface area contributed by atoms with Crippen molar-refractivity contribution >= 4 is 47.2 Å². The van der Waals surface area contributed by atoms with Crippen LogP contribution in [0.2, 0.25) is 5.02 Å². The van der Waals surface area contributed by atoms with Gasteiger partial charge in [-0.05, 0) is 24.3 Å². The van der Waals surface area contributed by atoms with Crippen molar-refractivity contribution in [3.8, 4) is 5.69 Å². The number of anilines is 1. The summed E-state index contributed by atoms with van der Waals surface area (Å²) < 4.78 is 1.98. The maximum Gasteiger partial charge on any atom is 0.194 e. The Kier molecular flexibility index (Phi) is 7.92. The van der Waals surface area contributed by atoms with E-state index in [0.717, 1.165) is 54.4 Å². The second-order valence-corrected chi connectivity index (χ2v) is 7.19. The van der Waals surface area contributed by atoms with Crippen LogP contribution in [0.1, 0.15) is 5.82 Å². The van der Waals surface area contributed by atoms with Gasteiger partial charge < -0.3 is 15.1 Å². The van der Waals surface area contributed by atoms with Crippen LogP contribution in [0, 0.1) is 0 Å². The zero-order chi connectivity index (χ0) is 20.1. The molecule has 2 aromatic carbocycles. The minimum Gasteiger partial charge on any atom is -0.367 e. The maximum atomic E-state index is 6.35. The third-order valence-electron chi connectivity index (χ3n) is 5.04. The summed E-state index contributed by atoms with van der Waals surface area (Å²) in [6, 6.07) is 18.1. The van der Waals surface area contributed by atoms with Crippen LogP contribution >= 0.6 is 35.6 Å². The van der Waals surface area contributed by atoms with Crippen molar-refractivity contribution < 1.29 is 0 Å². The lowest BCUT2D eigenvalue weighted by molar-refractivity contribution is 0.372. The summed E-state index contributed by atoms with van der Waals surface area (Å²) in [5.41, 5.74) is 2.13. The van der Waals surface area contributed by atoms with Crippen LogP contribution in [0.3, 0.4) is 0 Å². The van der Waals surface area contributed by atoms with E-state index in [4.69, 9.17) is 11.6 Å². The van der Waals surface area contributed by atoms with Gasteiger partial charge >= 0.3 is 0 Å². The van der Waals surface area contributed by atoms with Gasteiger partial charge in [-0.15, -0.1) is 34.2 Å². The first-order chi connectivity index (χ1) is 14.3. The number of aliphatic imine (C=N–C) groups is 1. The molecule has 0 saturated carbocycles. The van der Waals surface area contributed by atoms with Gasteiger partial charge in [-0.1, -0.05) is 41.9 Å². The van der Waals surface area contributed by atoms with Crippen molar-refractivity contribution in [1.82, 2.24) is 25.0 Å². The first kappa shape index (κ1) is 22.4. The average molecular weight is 538 g/mol. The predicted molar refractivity (Wildman–Crippen MR) is 132 cm³/mol. The second-order valence-electron chi connectivity index (χ2n) is 6.78. The molecule has 0 unspecified atom stereocenters. The SMILES string of the molecule is CN=C(NCc1nncn1-c1ccccc1)N1CCN(c2ccccc2Cl)CC1.I. The predicted octanol–water partition coefficient (Wildman–Crippen LogP) is 3.44. The van der Waals surface area contributed by atoms with E-state index in [0.29, 0.717) is 6.54 Å². The standard InChI is InChI=1S/C21H24ClN7.HI/c1-23-21(24-15-20-26-25-16-29(20)17-7-3-2-4-8-17)28-13-11-27(12-14-28)19-10-6-5-9-18(19)22;/h2-10,16H,11-15H2,1H3,(H,23,24);1H. The molecule has 158 valence electrons. The number of nitrogens with one attached hydrogen (secondary N) is 1. The van der Waals surface area contributed by atoms with E-state index in [1.165, 1.54) is 0 Å². The first-order valence-electron chi connectivity index (χ1n) is 9.65. The zero-order valence-electron chi connectivity index (χ0n) is 16.8. The van der Waals surface area contributed by atoms with Crippen LogP contribution in [0.25, 0.3) is 5.69 Å². The van der Waals surface area contributed by atoms with Gasteiger partial charge in [-0.25, -0.2) is 0 Å². The smallest absolute Gasteiger partial charge is 0.194 e. The van der Waals surface area contributed by atoms with Gasteiger partial charge in [0.25, 0.3) is 0 Å². The van der Waals surface area contributed by atoms with Crippen LogP contribution in [-0.2, 0) is 6.54 Å². The maximum absolute atomic E-state index is 6.35. The fourth-order valence-corrected chi connectivity index (χ4v) is 3.80. The number of halogens is 2. The van der Waals surface area contributed by atoms with Crippen molar-refractivity contribution in [3.05, 3.63) is 71.8 Å². The number of piperazine rings is 1. The summed E-state index contributed by atoms with van der Waals surface area (Å²) >= 11 is 6.35. The van der Waals surface area contributed by atoms with E-state index in [1.54, 1.807) is 6.33 Å². The normalized spacial score (nSPS) is 14.4. The van der Waals surface area contributed by atoms with Crippen LogP contribution in [0.4, 0.5) is 5.69 Å². The van der Waals surface area contributed by atoms with Gasteiger partial charge in [0.1, 0.15) is 6.33 Å². The highest BCUT2D eigenvalue weighted by molar-refractivity contribution is 14.0. The summed E-state index contributed by atoms with van der Waals surface area (Å²) in [6.07, 6.45) is 1.73. The van der Waals surface area contributed by atoms with Gasteiger partial charge in [0, 0.05) is 38.9 Å². The van der Waals surface area contributed by atoms with E-state index in [2.05, 4.69) is 36.4 Å². The molecule has 1 fully saturated rings. The number of benzene rings is 2. The van der Waals surface area contributed by atoms with Crippen molar-refractivity contribution in [2.75, 3.05) is 38.1 Å². The highest BCUT2D eigenvalue weighted by Crippen LogP contribution is 2.26. The second kappa shape index (κ2) is 10.6. The lowest BCUT2D eigenvalue weighted by Gasteiger charge is -2.38. The Morgan fingerprint density at radius 1 is 1.03 bits per heavy atom. The molecule has 0 aliphatic carbocycles. The summed E-state index contributed by atoms with van der Waals surface area (Å²) in [4.78, 5) is 9.04. The van der Waals surface area contributed by atoms with Crippen LogP contribution in [0.15, 0.2) is 65.9 Å². The van der Waals surface area contributed by atoms with Gasteiger partial charge in [-0.2, -0.15) is 0 Å². The molecular formula is C21H25ClIN7. The molecule has 4 rings (SSSR count). The minimum absolute atomic E-state index is 0. The Balaban J connectivity index is 0.00000256. The van der Waals surface area contributed by atoms with Crippen molar-refractivity contribution in [3.63, 3.8) is 0 Å². The number of aromatic nitrogens is 3. The van der Waals surface area contributed by atoms with Crippen LogP contribution in [0.5, 0.6) is 0 Å². The number of para-hydroxylation sites is 2. The molecular weight excluding hydrogens is 513 g/mol. The lowest BCUT2D eigenvalue weighted by Crippen LogP contribution is -2.52. The molecule has 30 heavy (non-hydrogen) atoms. The Bertz CT molecular complexity index is 968. The third-order valence-corrected chi connectivity index (χ3v) is 5.36. The van der Waals surface area contributed by atoms with Gasteiger partial charge in [-0.3, -0.25) is 9.56 Å². The summed E-state index contributed by atoms with van der Waals surface area (Å²) in [7, 11) is 1.81. The Morgan fingerprint density at radius 3 is 2.43 bits per heavy atom. The molecule has 1 aliphatic heterocycles. The zero-order valence-corrected chi connectivity index (χ0v) is 19.9. The number of nitrogens with zero attached hydrogens (tertiary/aromatic N) is 6. The molecule has 0 atom stereocenters. The van der Waals surface area contributed by atoms with Gasteiger partial charge in [0.05, 0.1) is 17.3 Å². The topological polar surface area (TPSA) is 61.6 Å². The third kappa shape index (κ3) is 5.04. The van der Waals surface area contributed by atoms with E-state index < -0.39 is 0 Å².